The van der Waals surface area contributed by atoms with Crippen LogP contribution in [0.1, 0.15) is 33.3 Å². The predicted octanol–water partition coefficient (Wildman–Crippen LogP) is 0.361. The topological polar surface area (TPSA) is 126 Å². The molecule has 9 nitrogen and oxygen atoms in total. The highest BCUT2D eigenvalue weighted by molar-refractivity contribution is 7.92. The summed E-state index contributed by atoms with van der Waals surface area (Å²) in [6.45, 7) is 0.930. The molecule has 1 aromatic heterocycles. The Morgan fingerprint density at radius 1 is 1.29 bits per heavy atom. The van der Waals surface area contributed by atoms with Gasteiger partial charge in [0.2, 0.25) is 5.43 Å². The lowest BCUT2D eigenvalue weighted by Crippen LogP contribution is -2.50. The van der Waals surface area contributed by atoms with Crippen molar-refractivity contribution in [1.29, 1.82) is 0 Å². The maximum atomic E-state index is 13.7. The van der Waals surface area contributed by atoms with Gasteiger partial charge < -0.3 is 19.9 Å². The van der Waals surface area contributed by atoms with Crippen LogP contribution in [0.5, 0.6) is 5.75 Å². The normalized spacial score (nSPS) is 21.5. The number of hydrogen-bond donors (Lipinski definition) is 2. The number of pyridine rings is 1. The summed E-state index contributed by atoms with van der Waals surface area (Å²) in [6.07, 6.45) is 1.00. The number of sulfone groups is 1. The highest BCUT2D eigenvalue weighted by Crippen LogP contribution is 2.32. The molecule has 0 saturated carbocycles. The highest BCUT2D eigenvalue weighted by Gasteiger charge is 2.50. The minimum atomic E-state index is -3.63. The van der Waals surface area contributed by atoms with Crippen LogP contribution in [0.15, 0.2) is 29.2 Å². The summed E-state index contributed by atoms with van der Waals surface area (Å²) >= 11 is 0. The van der Waals surface area contributed by atoms with Crippen molar-refractivity contribution in [2.24, 2.45) is 0 Å². The summed E-state index contributed by atoms with van der Waals surface area (Å²) in [6, 6.07) is 2.15. The van der Waals surface area contributed by atoms with Crippen molar-refractivity contribution in [2.45, 2.75) is 31.4 Å². The summed E-state index contributed by atoms with van der Waals surface area (Å²) in [5.41, 5.74) is -2.10. The number of carbonyl (C=O) groups excluding carboxylic acids is 2. The quantitative estimate of drug-likeness (QED) is 0.691. The van der Waals surface area contributed by atoms with E-state index in [-0.39, 0.29) is 24.4 Å². The molecular weight excluding hydrogens is 436 g/mol. The second kappa shape index (κ2) is 7.15. The Bertz CT molecular complexity index is 1290. The maximum absolute atomic E-state index is 13.7. The lowest BCUT2D eigenvalue weighted by Gasteiger charge is -2.33. The van der Waals surface area contributed by atoms with Gasteiger partial charge in [-0.1, -0.05) is 6.07 Å². The number of nitrogens with zero attached hydrogens (tertiary/aromatic N) is 2. The average molecular weight is 453 g/mol. The number of amides is 2. The van der Waals surface area contributed by atoms with E-state index in [1.807, 2.05) is 0 Å². The molecule has 2 aliphatic rings. The summed E-state index contributed by atoms with van der Waals surface area (Å²) in [5.74, 6) is -4.70. The molecule has 1 unspecified atom stereocenters. The van der Waals surface area contributed by atoms with Gasteiger partial charge in [-0.25, -0.2) is 17.2 Å². The standard InChI is InChI=1S/C19H17F2N3O6S/c1-9-8-31(29,30)14-7-23-6-12(16(25)17(26)15(23)19(28)24(9)14)18(27)22-5-10-2-3-11(20)4-13(10)21/h2-4,6,9,14,26H,5,7-8H2,1H3,(H,22,27)/t9-,14?/m0/s1. The number of carbonyl (C=O) groups is 2. The fraction of sp³-hybridized carbons (Fsp3) is 0.316. The van der Waals surface area contributed by atoms with Gasteiger partial charge in [0.05, 0.1) is 12.3 Å². The van der Waals surface area contributed by atoms with Gasteiger partial charge in [-0.15, -0.1) is 0 Å². The third-order valence-electron chi connectivity index (χ3n) is 5.42. The minimum Gasteiger partial charge on any atom is -0.503 e. The lowest BCUT2D eigenvalue weighted by molar-refractivity contribution is 0.0630. The average Bonchev–Trinajstić information content (AvgIpc) is 2.92. The Balaban J connectivity index is 1.67. The first kappa shape index (κ1) is 21.0. The van der Waals surface area contributed by atoms with E-state index in [0.29, 0.717) is 6.07 Å². The van der Waals surface area contributed by atoms with Gasteiger partial charge in [-0.3, -0.25) is 14.4 Å². The van der Waals surface area contributed by atoms with E-state index in [4.69, 9.17) is 0 Å². The number of halogens is 2. The molecule has 164 valence electrons. The number of aromatic nitrogens is 1. The molecule has 0 radical (unpaired) electrons. The number of rotatable bonds is 3. The number of fused-ring (bicyclic) bond motifs is 2. The van der Waals surface area contributed by atoms with Crippen molar-refractivity contribution in [3.63, 3.8) is 0 Å². The van der Waals surface area contributed by atoms with E-state index in [2.05, 4.69) is 5.32 Å². The van der Waals surface area contributed by atoms with E-state index < -0.39 is 67.1 Å². The van der Waals surface area contributed by atoms with E-state index in [0.717, 1.165) is 27.8 Å². The molecule has 0 bridgehead atoms. The third kappa shape index (κ3) is 3.36. The van der Waals surface area contributed by atoms with Crippen LogP contribution in [0, 0.1) is 11.6 Å². The van der Waals surface area contributed by atoms with Crippen molar-refractivity contribution >= 4 is 21.7 Å². The highest BCUT2D eigenvalue weighted by atomic mass is 32.2. The second-order valence-corrected chi connectivity index (χ2v) is 9.69. The molecule has 2 atom stereocenters. The van der Waals surface area contributed by atoms with Gasteiger partial charge >= 0.3 is 0 Å². The van der Waals surface area contributed by atoms with Crippen molar-refractivity contribution in [3.05, 3.63) is 63.1 Å². The third-order valence-corrected chi connectivity index (χ3v) is 7.57. The Kier molecular flexibility index (Phi) is 4.84. The molecule has 2 N–H and O–H groups in total. The maximum Gasteiger partial charge on any atom is 0.275 e. The van der Waals surface area contributed by atoms with Gasteiger partial charge in [-0.2, -0.15) is 0 Å². The molecule has 2 amide bonds. The number of nitrogens with one attached hydrogen (secondary N) is 1. The van der Waals surface area contributed by atoms with E-state index in [9.17, 15) is 36.7 Å². The zero-order valence-corrected chi connectivity index (χ0v) is 16.9. The Hall–Kier alpha value is -3.28. The first-order valence-corrected chi connectivity index (χ1v) is 11.0. The smallest absolute Gasteiger partial charge is 0.275 e. The summed E-state index contributed by atoms with van der Waals surface area (Å²) in [5, 5.41) is 11.4. The predicted molar refractivity (Wildman–Crippen MR) is 103 cm³/mol. The van der Waals surface area contributed by atoms with Crippen molar-refractivity contribution in [3.8, 4) is 5.75 Å². The van der Waals surface area contributed by atoms with Crippen molar-refractivity contribution < 1.29 is 31.9 Å². The number of aromatic hydroxyl groups is 1. The van der Waals surface area contributed by atoms with E-state index in [1.165, 1.54) is 0 Å². The monoisotopic (exact) mass is 453 g/mol. The molecule has 2 aliphatic heterocycles. The van der Waals surface area contributed by atoms with Crippen LogP contribution in [0.4, 0.5) is 8.78 Å². The lowest BCUT2D eigenvalue weighted by atomic mass is 10.1. The molecule has 12 heteroatoms. The van der Waals surface area contributed by atoms with Crippen LogP contribution in [0.2, 0.25) is 0 Å². The van der Waals surface area contributed by atoms with Crippen LogP contribution < -0.4 is 10.7 Å². The van der Waals surface area contributed by atoms with E-state index in [1.54, 1.807) is 6.92 Å². The van der Waals surface area contributed by atoms with Gasteiger partial charge in [0.15, 0.2) is 26.7 Å². The molecule has 1 fully saturated rings. The molecule has 4 rings (SSSR count). The van der Waals surface area contributed by atoms with Gasteiger partial charge in [0, 0.05) is 30.4 Å². The molecule has 0 aliphatic carbocycles. The fourth-order valence-corrected chi connectivity index (χ4v) is 6.02. The minimum absolute atomic E-state index is 0.0334. The first-order valence-electron chi connectivity index (χ1n) is 9.24. The molecule has 2 aromatic rings. The SMILES string of the molecule is C[C@H]1CS(=O)(=O)C2Cn3cc(C(=O)NCc4ccc(F)cc4F)c(=O)c(O)c3C(=O)N21. The van der Waals surface area contributed by atoms with Gasteiger partial charge in [-0.05, 0) is 13.0 Å². The number of benzene rings is 1. The number of hydrogen-bond acceptors (Lipinski definition) is 6. The molecule has 3 heterocycles. The van der Waals surface area contributed by atoms with Crippen LogP contribution >= 0.6 is 0 Å². The molecule has 31 heavy (non-hydrogen) atoms. The van der Waals surface area contributed by atoms with Gasteiger partial charge in [0.1, 0.15) is 17.2 Å². The van der Waals surface area contributed by atoms with Crippen molar-refractivity contribution in [1.82, 2.24) is 14.8 Å². The fourth-order valence-electron chi connectivity index (χ4n) is 3.92. The molecule has 0 spiro atoms. The second-order valence-electron chi connectivity index (χ2n) is 7.49. The van der Waals surface area contributed by atoms with Crippen molar-refractivity contribution in [2.75, 3.05) is 5.75 Å². The van der Waals surface area contributed by atoms with E-state index >= 15 is 0 Å². The van der Waals surface area contributed by atoms with Crippen LogP contribution in [-0.4, -0.2) is 52.0 Å². The Labute approximate surface area is 174 Å². The zero-order chi connectivity index (χ0) is 22.7. The molecular formula is C19H17F2N3O6S. The van der Waals surface area contributed by atoms with Crippen LogP contribution in [0.3, 0.4) is 0 Å². The van der Waals surface area contributed by atoms with Gasteiger partial charge in [0.25, 0.3) is 11.8 Å². The molecule has 1 aromatic carbocycles. The summed E-state index contributed by atoms with van der Waals surface area (Å²) in [7, 11) is -3.63. The first-order chi connectivity index (χ1) is 14.5. The largest absolute Gasteiger partial charge is 0.503 e. The summed E-state index contributed by atoms with van der Waals surface area (Å²) < 4.78 is 52.6. The molecule has 1 saturated heterocycles. The van der Waals surface area contributed by atoms with Crippen LogP contribution in [0.25, 0.3) is 0 Å². The Morgan fingerprint density at radius 3 is 2.68 bits per heavy atom. The Morgan fingerprint density at radius 2 is 2.00 bits per heavy atom. The zero-order valence-electron chi connectivity index (χ0n) is 16.1. The van der Waals surface area contributed by atoms with Crippen LogP contribution in [-0.2, 0) is 22.9 Å². The summed E-state index contributed by atoms with van der Waals surface area (Å²) in [4.78, 5) is 38.9.